The van der Waals surface area contributed by atoms with E-state index in [9.17, 15) is 0 Å². The van der Waals surface area contributed by atoms with E-state index in [-0.39, 0.29) is 0 Å². The van der Waals surface area contributed by atoms with Gasteiger partial charge in [0.25, 0.3) is 0 Å². The van der Waals surface area contributed by atoms with E-state index in [4.69, 9.17) is 0 Å². The van der Waals surface area contributed by atoms with Gasteiger partial charge < -0.3 is 0 Å². The minimum Gasteiger partial charge on any atom is -0.264 e. The second-order valence-corrected chi connectivity index (χ2v) is 2.86. The molecule has 0 amide bonds. The highest BCUT2D eigenvalue weighted by Gasteiger charge is 1.97. The molecule has 0 aliphatic rings. The lowest BCUT2D eigenvalue weighted by Gasteiger charge is -2.02. The maximum Gasteiger partial charge on any atom is 0.0694 e. The van der Waals surface area contributed by atoms with Crippen molar-refractivity contribution >= 4 is 18.5 Å². The van der Waals surface area contributed by atoms with Gasteiger partial charge in [0.1, 0.15) is 0 Å². The molecule has 0 spiro atoms. The van der Waals surface area contributed by atoms with Crippen molar-refractivity contribution in [2.75, 3.05) is 0 Å². The Morgan fingerprint density at radius 3 is 2.86 bits per heavy atom. The highest BCUT2D eigenvalue weighted by atomic mass is 14.7. The second-order valence-electron chi connectivity index (χ2n) is 2.86. The standard InChI is InChI=1S/C13H13N/c1-4-6-7-11-8-9-13(14-3)12(5-2)10-11/h5,8-10H,2-3,7H2,1H3. The Morgan fingerprint density at radius 1 is 1.50 bits per heavy atom. The Labute approximate surface area is 85.2 Å². The summed E-state index contributed by atoms with van der Waals surface area (Å²) >= 11 is 0. The third-order valence-electron chi connectivity index (χ3n) is 1.95. The minimum atomic E-state index is 0.773. The van der Waals surface area contributed by atoms with Gasteiger partial charge >= 0.3 is 0 Å². The third-order valence-corrected chi connectivity index (χ3v) is 1.95. The molecule has 14 heavy (non-hydrogen) atoms. The molecule has 0 fully saturated rings. The number of benzene rings is 1. The zero-order valence-corrected chi connectivity index (χ0v) is 8.38. The van der Waals surface area contributed by atoms with Gasteiger partial charge in [-0.05, 0) is 36.9 Å². The normalized spacial score (nSPS) is 8.64. The van der Waals surface area contributed by atoms with Crippen molar-refractivity contribution in [3.63, 3.8) is 0 Å². The summed E-state index contributed by atoms with van der Waals surface area (Å²) in [6.45, 7) is 9.08. The van der Waals surface area contributed by atoms with Crippen LogP contribution in [-0.4, -0.2) is 6.72 Å². The molecule has 1 nitrogen and oxygen atoms in total. The molecule has 0 N–H and O–H groups in total. The summed E-state index contributed by atoms with van der Waals surface area (Å²) in [6.07, 6.45) is 2.56. The van der Waals surface area contributed by atoms with E-state index in [0.29, 0.717) is 0 Å². The van der Waals surface area contributed by atoms with Gasteiger partial charge in [0.15, 0.2) is 0 Å². The Bertz CT molecular complexity index is 405. The lowest BCUT2D eigenvalue weighted by atomic mass is 10.1. The van der Waals surface area contributed by atoms with Crippen molar-refractivity contribution in [2.45, 2.75) is 13.3 Å². The zero-order chi connectivity index (χ0) is 10.4. The smallest absolute Gasteiger partial charge is 0.0694 e. The van der Waals surface area contributed by atoms with Crippen LogP contribution in [0.5, 0.6) is 0 Å². The molecular weight excluding hydrogens is 170 g/mol. The summed E-state index contributed by atoms with van der Waals surface area (Å²) < 4.78 is 0. The molecule has 0 heterocycles. The van der Waals surface area contributed by atoms with E-state index in [2.05, 4.69) is 30.1 Å². The summed E-state index contributed by atoms with van der Waals surface area (Å²) in [5.41, 5.74) is 3.06. The molecule has 1 heteroatoms. The number of hydrogen-bond acceptors (Lipinski definition) is 1. The van der Waals surface area contributed by atoms with Gasteiger partial charge in [-0.2, -0.15) is 0 Å². The first-order valence-corrected chi connectivity index (χ1v) is 4.43. The number of aliphatic imine (C=N–C) groups is 1. The molecule has 0 aliphatic carbocycles. The molecule has 70 valence electrons. The van der Waals surface area contributed by atoms with Crippen molar-refractivity contribution in [1.82, 2.24) is 0 Å². The van der Waals surface area contributed by atoms with Crippen molar-refractivity contribution in [2.24, 2.45) is 4.99 Å². The molecule has 0 aromatic heterocycles. The summed E-state index contributed by atoms with van der Waals surface area (Å²) in [5.74, 6) is 5.89. The van der Waals surface area contributed by atoms with E-state index in [1.165, 1.54) is 5.56 Å². The second kappa shape index (κ2) is 5.04. The fourth-order valence-corrected chi connectivity index (χ4v) is 1.21. The first-order valence-electron chi connectivity index (χ1n) is 4.43. The molecular formula is C13H13N. The van der Waals surface area contributed by atoms with Crippen LogP contribution in [0.4, 0.5) is 5.69 Å². The molecule has 0 bridgehead atoms. The fraction of sp³-hybridized carbons (Fsp3) is 0.154. The molecule has 0 unspecified atom stereocenters. The quantitative estimate of drug-likeness (QED) is 0.504. The van der Waals surface area contributed by atoms with E-state index in [1.807, 2.05) is 25.1 Å². The van der Waals surface area contributed by atoms with E-state index < -0.39 is 0 Å². The van der Waals surface area contributed by atoms with Gasteiger partial charge in [-0.25, -0.2) is 0 Å². The molecule has 0 aliphatic heterocycles. The Balaban J connectivity index is 3.04. The van der Waals surface area contributed by atoms with Crippen LogP contribution in [0.1, 0.15) is 18.1 Å². The van der Waals surface area contributed by atoms with Gasteiger partial charge in [0.05, 0.1) is 5.69 Å². The van der Waals surface area contributed by atoms with Gasteiger partial charge in [-0.3, -0.25) is 4.99 Å². The average molecular weight is 183 g/mol. The van der Waals surface area contributed by atoms with E-state index >= 15 is 0 Å². The summed E-state index contributed by atoms with van der Waals surface area (Å²) in [4.78, 5) is 3.91. The van der Waals surface area contributed by atoms with Gasteiger partial charge in [-0.1, -0.05) is 24.6 Å². The van der Waals surface area contributed by atoms with Crippen LogP contribution in [-0.2, 0) is 6.42 Å². The van der Waals surface area contributed by atoms with Gasteiger partial charge in [-0.15, -0.1) is 5.92 Å². The van der Waals surface area contributed by atoms with Crippen molar-refractivity contribution < 1.29 is 0 Å². The first-order chi connectivity index (χ1) is 6.81. The molecule has 0 radical (unpaired) electrons. The highest BCUT2D eigenvalue weighted by Crippen LogP contribution is 2.21. The van der Waals surface area contributed by atoms with Crippen LogP contribution < -0.4 is 0 Å². The maximum absolute atomic E-state index is 3.91. The number of hydrogen-bond donors (Lipinski definition) is 0. The third kappa shape index (κ3) is 2.34. The van der Waals surface area contributed by atoms with Crippen molar-refractivity contribution in [1.29, 1.82) is 0 Å². The summed E-state index contributed by atoms with van der Waals surface area (Å²) in [6, 6.07) is 6.00. The topological polar surface area (TPSA) is 12.4 Å². The van der Waals surface area contributed by atoms with Crippen molar-refractivity contribution in [3.8, 4) is 11.8 Å². The number of nitrogens with zero attached hydrogens (tertiary/aromatic N) is 1. The Morgan fingerprint density at radius 2 is 2.29 bits per heavy atom. The molecule has 0 saturated heterocycles. The van der Waals surface area contributed by atoms with Crippen LogP contribution in [0.3, 0.4) is 0 Å². The lowest BCUT2D eigenvalue weighted by molar-refractivity contribution is 1.30. The predicted octanol–water partition coefficient (Wildman–Crippen LogP) is 3.23. The molecule has 0 atom stereocenters. The van der Waals surface area contributed by atoms with Crippen LogP contribution in [0.25, 0.3) is 6.08 Å². The SMILES string of the molecule is C=Cc1cc(CC#CC)ccc1N=C. The Hall–Kier alpha value is -1.81. The number of rotatable bonds is 3. The largest absolute Gasteiger partial charge is 0.264 e. The molecule has 1 aromatic rings. The van der Waals surface area contributed by atoms with E-state index in [1.54, 1.807) is 6.08 Å². The van der Waals surface area contributed by atoms with Crippen molar-refractivity contribution in [3.05, 3.63) is 35.9 Å². The van der Waals surface area contributed by atoms with E-state index in [0.717, 1.165) is 17.7 Å². The molecule has 0 saturated carbocycles. The van der Waals surface area contributed by atoms with Crippen LogP contribution in [0.2, 0.25) is 0 Å². The highest BCUT2D eigenvalue weighted by molar-refractivity contribution is 5.65. The molecule has 1 rings (SSSR count). The van der Waals surface area contributed by atoms with Crippen LogP contribution in [0.15, 0.2) is 29.8 Å². The monoisotopic (exact) mass is 183 g/mol. The van der Waals surface area contributed by atoms with Crippen LogP contribution in [0, 0.1) is 11.8 Å². The summed E-state index contributed by atoms with van der Waals surface area (Å²) in [7, 11) is 0. The minimum absolute atomic E-state index is 0.773. The lowest BCUT2D eigenvalue weighted by Crippen LogP contribution is -1.83. The Kier molecular flexibility index (Phi) is 3.69. The zero-order valence-electron chi connectivity index (χ0n) is 8.38. The summed E-state index contributed by atoms with van der Waals surface area (Å²) in [5, 5.41) is 0. The molecule has 1 aromatic carbocycles. The predicted molar refractivity (Wildman–Crippen MR) is 62.9 cm³/mol. The van der Waals surface area contributed by atoms with Gasteiger partial charge in [0, 0.05) is 6.42 Å². The first kappa shape index (κ1) is 10.3. The average Bonchev–Trinajstić information content (AvgIpc) is 2.25. The fourth-order valence-electron chi connectivity index (χ4n) is 1.21. The maximum atomic E-state index is 3.91. The van der Waals surface area contributed by atoms with Gasteiger partial charge in [0.2, 0.25) is 0 Å². The van der Waals surface area contributed by atoms with Crippen LogP contribution >= 0.6 is 0 Å².